The number of halogens is 1. The van der Waals surface area contributed by atoms with Crippen LogP contribution in [0.1, 0.15) is 11.1 Å². The highest BCUT2D eigenvalue weighted by atomic mass is 19.1. The van der Waals surface area contributed by atoms with E-state index in [2.05, 4.69) is 26.1 Å². The Labute approximate surface area is 114 Å². The smallest absolute Gasteiger partial charge is 0.123 e. The Morgan fingerprint density at radius 2 is 1.63 bits per heavy atom. The monoisotopic (exact) mass is 254 g/mol. The van der Waals surface area contributed by atoms with Gasteiger partial charge in [-0.2, -0.15) is 0 Å². The highest BCUT2D eigenvalue weighted by Crippen LogP contribution is 2.24. The molecule has 0 unspecified atom stereocenters. The normalized spacial score (nSPS) is 9.21. The lowest BCUT2D eigenvalue weighted by Gasteiger charge is -2.06. The predicted molar refractivity (Wildman–Crippen MR) is 81.7 cm³/mol. The maximum Gasteiger partial charge on any atom is 0.123 e. The zero-order chi connectivity index (χ0) is 14.3. The average molecular weight is 254 g/mol. The third-order valence-electron chi connectivity index (χ3n) is 2.68. The van der Waals surface area contributed by atoms with Crippen LogP contribution in [-0.2, 0) is 0 Å². The molecule has 2 rings (SSSR count). The van der Waals surface area contributed by atoms with Gasteiger partial charge in [0, 0.05) is 0 Å². The van der Waals surface area contributed by atoms with Crippen LogP contribution in [0.5, 0.6) is 0 Å². The van der Waals surface area contributed by atoms with Crippen molar-refractivity contribution in [2.24, 2.45) is 0 Å². The van der Waals surface area contributed by atoms with Crippen LogP contribution in [0, 0.1) is 19.7 Å². The predicted octanol–water partition coefficient (Wildman–Crippen LogP) is 5.47. The summed E-state index contributed by atoms with van der Waals surface area (Å²) in [5, 5.41) is 0. The van der Waals surface area contributed by atoms with E-state index in [-0.39, 0.29) is 5.82 Å². The van der Waals surface area contributed by atoms with Crippen molar-refractivity contribution in [1.82, 2.24) is 0 Å². The fraction of sp³-hybridized carbons (Fsp3) is 0.111. The van der Waals surface area contributed by atoms with Gasteiger partial charge >= 0.3 is 0 Å². The van der Waals surface area contributed by atoms with Crippen LogP contribution in [0.15, 0.2) is 67.8 Å². The lowest BCUT2D eigenvalue weighted by molar-refractivity contribution is 0.628. The van der Waals surface area contributed by atoms with Gasteiger partial charge in [0.05, 0.1) is 0 Å². The number of benzene rings is 2. The summed E-state index contributed by atoms with van der Waals surface area (Å²) in [4.78, 5) is 0. The van der Waals surface area contributed by atoms with E-state index in [0.717, 1.165) is 11.1 Å². The van der Waals surface area contributed by atoms with Gasteiger partial charge in [-0.3, -0.25) is 0 Å². The van der Waals surface area contributed by atoms with Gasteiger partial charge in [0.1, 0.15) is 5.82 Å². The maximum absolute atomic E-state index is 13.1. The first kappa shape index (κ1) is 14.9. The number of hydrogen-bond donors (Lipinski definition) is 0. The molecular formula is C18H19F. The largest absolute Gasteiger partial charge is 0.207 e. The molecule has 2 aromatic carbocycles. The quantitative estimate of drug-likeness (QED) is 0.623. The molecule has 0 aromatic heterocycles. The molecule has 0 amide bonds. The van der Waals surface area contributed by atoms with E-state index >= 15 is 0 Å². The Hall–Kier alpha value is -2.15. The summed E-state index contributed by atoms with van der Waals surface area (Å²) in [5.74, 6) is -0.188. The van der Waals surface area contributed by atoms with Crippen LogP contribution >= 0.6 is 0 Å². The van der Waals surface area contributed by atoms with Crippen LogP contribution in [0.4, 0.5) is 4.39 Å². The van der Waals surface area contributed by atoms with Crippen molar-refractivity contribution < 1.29 is 4.39 Å². The molecule has 0 nitrogen and oxygen atoms in total. The van der Waals surface area contributed by atoms with Gasteiger partial charge in [0.15, 0.2) is 0 Å². The molecule has 0 spiro atoms. The number of rotatable bonds is 2. The molecule has 0 bridgehead atoms. The minimum atomic E-state index is -0.188. The van der Waals surface area contributed by atoms with Crippen molar-refractivity contribution in [2.75, 3.05) is 0 Å². The van der Waals surface area contributed by atoms with E-state index in [1.54, 1.807) is 24.3 Å². The van der Waals surface area contributed by atoms with Crippen molar-refractivity contribution in [1.29, 1.82) is 0 Å². The fourth-order valence-electron chi connectivity index (χ4n) is 1.79. The number of aryl methyl sites for hydroxylation is 2. The molecule has 0 saturated carbocycles. The SMILES string of the molecule is C=CC=C.Cc1ccc(-c2cccc(F)c2)c(C)c1. The summed E-state index contributed by atoms with van der Waals surface area (Å²) >= 11 is 0. The molecule has 0 heterocycles. The van der Waals surface area contributed by atoms with Gasteiger partial charge < -0.3 is 0 Å². The second kappa shape index (κ2) is 7.32. The fourth-order valence-corrected chi connectivity index (χ4v) is 1.79. The topological polar surface area (TPSA) is 0 Å². The molecule has 0 saturated heterocycles. The lowest BCUT2D eigenvalue weighted by Crippen LogP contribution is -1.85. The summed E-state index contributed by atoms with van der Waals surface area (Å²) in [6.45, 7) is 10.8. The average Bonchev–Trinajstić information content (AvgIpc) is 2.39. The Morgan fingerprint density at radius 1 is 0.947 bits per heavy atom. The second-order valence-corrected chi connectivity index (χ2v) is 4.30. The second-order valence-electron chi connectivity index (χ2n) is 4.30. The molecule has 0 radical (unpaired) electrons. The van der Waals surface area contributed by atoms with Crippen LogP contribution in [0.2, 0.25) is 0 Å². The molecule has 0 aliphatic heterocycles. The molecule has 0 N–H and O–H groups in total. The van der Waals surface area contributed by atoms with E-state index in [1.807, 2.05) is 25.1 Å². The van der Waals surface area contributed by atoms with Gasteiger partial charge in [-0.1, -0.05) is 61.2 Å². The highest BCUT2D eigenvalue weighted by Gasteiger charge is 2.02. The van der Waals surface area contributed by atoms with Crippen LogP contribution in [-0.4, -0.2) is 0 Å². The third kappa shape index (κ3) is 4.55. The molecular weight excluding hydrogens is 235 g/mol. The minimum absolute atomic E-state index is 0.188. The molecule has 19 heavy (non-hydrogen) atoms. The third-order valence-corrected chi connectivity index (χ3v) is 2.68. The molecule has 1 heteroatoms. The summed E-state index contributed by atoms with van der Waals surface area (Å²) in [6.07, 6.45) is 3.28. The zero-order valence-corrected chi connectivity index (χ0v) is 11.5. The molecule has 98 valence electrons. The van der Waals surface area contributed by atoms with Crippen LogP contribution < -0.4 is 0 Å². The van der Waals surface area contributed by atoms with Crippen molar-refractivity contribution in [3.8, 4) is 11.1 Å². The van der Waals surface area contributed by atoms with Crippen molar-refractivity contribution in [2.45, 2.75) is 13.8 Å². The Kier molecular flexibility index (Phi) is 5.74. The summed E-state index contributed by atoms with van der Waals surface area (Å²) in [6, 6.07) is 12.9. The minimum Gasteiger partial charge on any atom is -0.207 e. The van der Waals surface area contributed by atoms with Crippen LogP contribution in [0.25, 0.3) is 11.1 Å². The van der Waals surface area contributed by atoms with E-state index in [0.29, 0.717) is 0 Å². The number of hydrogen-bond acceptors (Lipinski definition) is 0. The van der Waals surface area contributed by atoms with E-state index in [4.69, 9.17) is 0 Å². The number of allylic oxidation sites excluding steroid dienone is 2. The van der Waals surface area contributed by atoms with Gasteiger partial charge in [-0.15, -0.1) is 0 Å². The summed E-state index contributed by atoms with van der Waals surface area (Å²) in [7, 11) is 0. The Balaban J connectivity index is 0.000000399. The maximum atomic E-state index is 13.1. The van der Waals surface area contributed by atoms with Gasteiger partial charge in [0.2, 0.25) is 0 Å². The summed E-state index contributed by atoms with van der Waals surface area (Å²) in [5.41, 5.74) is 4.45. The van der Waals surface area contributed by atoms with Crippen LogP contribution in [0.3, 0.4) is 0 Å². The first-order chi connectivity index (χ1) is 9.08. The lowest BCUT2D eigenvalue weighted by atomic mass is 9.99. The van der Waals surface area contributed by atoms with Crippen molar-refractivity contribution in [3.05, 3.63) is 84.7 Å². The van der Waals surface area contributed by atoms with Crippen molar-refractivity contribution in [3.63, 3.8) is 0 Å². The Bertz CT molecular complexity index is 562. The highest BCUT2D eigenvalue weighted by molar-refractivity contribution is 5.67. The van der Waals surface area contributed by atoms with Gasteiger partial charge in [-0.05, 0) is 42.7 Å². The van der Waals surface area contributed by atoms with Gasteiger partial charge in [0.25, 0.3) is 0 Å². The standard InChI is InChI=1S/C14H13F.C4H6/c1-10-6-7-14(11(2)8-10)12-4-3-5-13(15)9-12;1-3-4-2/h3-9H,1-2H3;3-4H,1-2H2. The summed E-state index contributed by atoms with van der Waals surface area (Å²) < 4.78 is 13.1. The molecule has 0 aliphatic carbocycles. The van der Waals surface area contributed by atoms with Gasteiger partial charge in [-0.25, -0.2) is 4.39 Å². The first-order valence-electron chi connectivity index (χ1n) is 6.15. The zero-order valence-electron chi connectivity index (χ0n) is 11.5. The molecule has 0 aliphatic rings. The molecule has 0 fully saturated rings. The van der Waals surface area contributed by atoms with E-state index < -0.39 is 0 Å². The molecule has 2 aromatic rings. The van der Waals surface area contributed by atoms with Crippen molar-refractivity contribution >= 4 is 0 Å². The first-order valence-corrected chi connectivity index (χ1v) is 6.15. The van der Waals surface area contributed by atoms with E-state index in [9.17, 15) is 4.39 Å². The molecule has 0 atom stereocenters. The van der Waals surface area contributed by atoms with E-state index in [1.165, 1.54) is 17.2 Å². The Morgan fingerprint density at radius 3 is 2.16 bits per heavy atom.